The number of amides is 1. The van der Waals surface area contributed by atoms with Gasteiger partial charge in [0.15, 0.2) is 0 Å². The highest BCUT2D eigenvalue weighted by atomic mass is 19.4. The van der Waals surface area contributed by atoms with E-state index in [1.807, 2.05) is 18.7 Å². The van der Waals surface area contributed by atoms with Crippen LogP contribution in [-0.4, -0.2) is 39.0 Å². The van der Waals surface area contributed by atoms with Crippen molar-refractivity contribution in [1.29, 1.82) is 0 Å². The van der Waals surface area contributed by atoms with E-state index in [2.05, 4.69) is 25.8 Å². The highest BCUT2D eigenvalue weighted by molar-refractivity contribution is 6.04. The minimum absolute atomic E-state index is 0.0407. The van der Waals surface area contributed by atoms with Gasteiger partial charge in [0.2, 0.25) is 5.88 Å². The molecule has 0 aliphatic carbocycles. The molecule has 2 aromatic heterocycles. The number of halogens is 3. The van der Waals surface area contributed by atoms with Crippen molar-refractivity contribution in [1.82, 2.24) is 20.0 Å². The van der Waals surface area contributed by atoms with Crippen LogP contribution >= 0.6 is 0 Å². The van der Waals surface area contributed by atoms with Crippen molar-refractivity contribution in [3.63, 3.8) is 0 Å². The van der Waals surface area contributed by atoms with E-state index in [0.29, 0.717) is 30.3 Å². The fraction of sp³-hybridized carbons (Fsp3) is 0.259. The van der Waals surface area contributed by atoms with Crippen molar-refractivity contribution < 1.29 is 27.2 Å². The second-order valence-corrected chi connectivity index (χ2v) is 8.65. The number of ether oxygens (including phenoxy) is 1. The fourth-order valence-electron chi connectivity index (χ4n) is 3.79. The molecule has 4 rings (SSSR count). The highest BCUT2D eigenvalue weighted by Crippen LogP contribution is 2.35. The Bertz CT molecular complexity index is 1420. The molecular weight excluding hydrogens is 513 g/mol. The molecule has 2 N–H and O–H groups in total. The van der Waals surface area contributed by atoms with Gasteiger partial charge in [-0.1, -0.05) is 31.1 Å². The van der Waals surface area contributed by atoms with Gasteiger partial charge in [-0.2, -0.15) is 13.2 Å². The van der Waals surface area contributed by atoms with Crippen LogP contribution in [0.4, 0.5) is 30.4 Å². The second-order valence-electron chi connectivity index (χ2n) is 8.65. The van der Waals surface area contributed by atoms with Crippen LogP contribution in [0.25, 0.3) is 0 Å². The Kier molecular flexibility index (Phi) is 8.45. The molecule has 2 heterocycles. The summed E-state index contributed by atoms with van der Waals surface area (Å²) >= 11 is 0. The van der Waals surface area contributed by atoms with Gasteiger partial charge in [-0.05, 0) is 55.4 Å². The normalized spacial score (nSPS) is 11.5. The lowest BCUT2D eigenvalue weighted by Crippen LogP contribution is -2.24. The Morgan fingerprint density at radius 1 is 1.05 bits per heavy atom. The zero-order chi connectivity index (χ0) is 28.0. The van der Waals surface area contributed by atoms with Crippen molar-refractivity contribution in [2.24, 2.45) is 0 Å². The smallest absolute Gasteiger partial charge is 0.416 e. The van der Waals surface area contributed by atoms with Crippen LogP contribution in [0, 0.1) is 6.92 Å². The van der Waals surface area contributed by atoms with E-state index in [-0.39, 0.29) is 29.2 Å². The molecule has 0 radical (unpaired) electrons. The summed E-state index contributed by atoms with van der Waals surface area (Å²) in [7, 11) is 0. The third-order valence-corrected chi connectivity index (χ3v) is 5.97. The number of carbonyl (C=O) groups is 1. The molecule has 0 aliphatic rings. The Labute approximate surface area is 223 Å². The molecule has 2 aromatic carbocycles. The van der Waals surface area contributed by atoms with Gasteiger partial charge in [-0.25, -0.2) is 9.97 Å². The fourth-order valence-corrected chi connectivity index (χ4v) is 3.79. The number of nitrogens with zero attached hydrogens (tertiary/aromatic N) is 4. The number of rotatable bonds is 10. The summed E-state index contributed by atoms with van der Waals surface area (Å²) in [4.78, 5) is 23.1. The van der Waals surface area contributed by atoms with Crippen LogP contribution < -0.4 is 15.4 Å². The Morgan fingerprint density at radius 2 is 1.85 bits per heavy atom. The molecule has 0 atom stereocenters. The molecule has 0 spiro atoms. The molecule has 0 aliphatic heterocycles. The summed E-state index contributed by atoms with van der Waals surface area (Å²) in [6.07, 6.45) is -0.372. The second kappa shape index (κ2) is 11.9. The number of aromatic nitrogens is 3. The first-order valence-electron chi connectivity index (χ1n) is 12.2. The molecule has 0 saturated heterocycles. The molecule has 204 valence electrons. The van der Waals surface area contributed by atoms with Crippen LogP contribution in [0.3, 0.4) is 0 Å². The molecule has 0 fully saturated rings. The maximum Gasteiger partial charge on any atom is 0.416 e. The van der Waals surface area contributed by atoms with E-state index in [1.54, 1.807) is 25.1 Å². The maximum atomic E-state index is 13.8. The molecule has 9 nitrogen and oxygen atoms in total. The van der Waals surface area contributed by atoms with Crippen molar-refractivity contribution in [2.45, 2.75) is 33.5 Å². The average molecular weight is 541 g/mol. The summed E-state index contributed by atoms with van der Waals surface area (Å²) in [6, 6.07) is 10.1. The first-order valence-corrected chi connectivity index (χ1v) is 12.2. The Morgan fingerprint density at radius 3 is 2.54 bits per heavy atom. The Hall–Kier alpha value is -4.45. The number of carbonyl (C=O) groups excluding carboxylic acids is 1. The number of aryl methyl sites for hydroxylation is 1. The minimum Gasteiger partial charge on any atom is -0.439 e. The van der Waals surface area contributed by atoms with Crippen molar-refractivity contribution in [3.8, 4) is 11.6 Å². The van der Waals surface area contributed by atoms with Gasteiger partial charge in [0.25, 0.3) is 5.91 Å². The minimum atomic E-state index is -4.56. The third-order valence-electron chi connectivity index (χ3n) is 5.97. The van der Waals surface area contributed by atoms with Gasteiger partial charge < -0.3 is 19.9 Å². The lowest BCUT2D eigenvalue weighted by atomic mass is 10.0. The quantitative estimate of drug-likeness (QED) is 0.237. The number of nitrogens with one attached hydrogen (secondary N) is 2. The van der Waals surface area contributed by atoms with Crippen LogP contribution in [-0.2, 0) is 12.7 Å². The molecule has 0 bridgehead atoms. The van der Waals surface area contributed by atoms with E-state index >= 15 is 0 Å². The lowest BCUT2D eigenvalue weighted by molar-refractivity contribution is -0.138. The molecule has 4 aromatic rings. The van der Waals surface area contributed by atoms with Gasteiger partial charge in [0.1, 0.15) is 29.8 Å². The number of alkyl halides is 3. The summed E-state index contributed by atoms with van der Waals surface area (Å²) in [5.74, 6) is 0.410. The first-order chi connectivity index (χ1) is 18.7. The number of hydrogen-bond acceptors (Lipinski definition) is 8. The predicted molar refractivity (Wildman–Crippen MR) is 139 cm³/mol. The monoisotopic (exact) mass is 540 g/mol. The largest absolute Gasteiger partial charge is 0.439 e. The van der Waals surface area contributed by atoms with E-state index in [0.717, 1.165) is 11.6 Å². The van der Waals surface area contributed by atoms with Gasteiger partial charge >= 0.3 is 6.18 Å². The van der Waals surface area contributed by atoms with E-state index < -0.39 is 17.6 Å². The maximum absolute atomic E-state index is 13.8. The zero-order valence-electron chi connectivity index (χ0n) is 21.5. The van der Waals surface area contributed by atoms with Gasteiger partial charge in [-0.3, -0.25) is 9.69 Å². The summed E-state index contributed by atoms with van der Waals surface area (Å²) < 4.78 is 52.1. The van der Waals surface area contributed by atoms with Gasteiger partial charge in [0, 0.05) is 23.9 Å². The summed E-state index contributed by atoms with van der Waals surface area (Å²) in [5.41, 5.74) is 0.924. The van der Waals surface area contributed by atoms with Crippen LogP contribution in [0.5, 0.6) is 11.6 Å². The zero-order valence-corrected chi connectivity index (χ0v) is 21.5. The van der Waals surface area contributed by atoms with Crippen LogP contribution in [0.15, 0.2) is 65.8 Å². The molecule has 0 saturated carbocycles. The van der Waals surface area contributed by atoms with E-state index in [1.165, 1.54) is 37.0 Å². The summed E-state index contributed by atoms with van der Waals surface area (Å²) in [5, 5.41) is 9.16. The van der Waals surface area contributed by atoms with Crippen LogP contribution in [0.1, 0.15) is 40.9 Å². The molecule has 39 heavy (non-hydrogen) atoms. The molecular formula is C27H27F3N6O3. The number of hydrogen-bond donors (Lipinski definition) is 2. The highest BCUT2D eigenvalue weighted by Gasteiger charge is 2.34. The van der Waals surface area contributed by atoms with Crippen molar-refractivity contribution in [2.75, 3.05) is 23.7 Å². The lowest BCUT2D eigenvalue weighted by Gasteiger charge is -2.21. The van der Waals surface area contributed by atoms with Gasteiger partial charge in [-0.15, -0.1) is 0 Å². The first kappa shape index (κ1) is 27.6. The standard InChI is InChI=1S/C27H27F3N6O3/c1-4-36(5-2)14-19-8-9-20(11-22(19)27(28,29)30)35-26(37)18-7-6-17(3)23(10-18)39-25-12-24(31-16-32-25)34-21-13-33-38-15-21/h6-13,15-16H,4-5,14H2,1-3H3,(H,35,37)(H,31,32,34). The molecule has 1 amide bonds. The third kappa shape index (κ3) is 7.11. The topological polar surface area (TPSA) is 105 Å². The van der Waals surface area contributed by atoms with Crippen LogP contribution in [0.2, 0.25) is 0 Å². The predicted octanol–water partition coefficient (Wildman–Crippen LogP) is 6.42. The average Bonchev–Trinajstić information content (AvgIpc) is 3.41. The summed E-state index contributed by atoms with van der Waals surface area (Å²) in [6.45, 7) is 6.99. The molecule has 12 heteroatoms. The van der Waals surface area contributed by atoms with E-state index in [9.17, 15) is 18.0 Å². The number of benzene rings is 2. The van der Waals surface area contributed by atoms with E-state index in [4.69, 9.17) is 9.26 Å². The number of anilines is 3. The van der Waals surface area contributed by atoms with Gasteiger partial charge in [0.05, 0.1) is 11.8 Å². The van der Waals surface area contributed by atoms with Crippen molar-refractivity contribution in [3.05, 3.63) is 83.5 Å². The molecule has 0 unspecified atom stereocenters. The Balaban J connectivity index is 1.52. The van der Waals surface area contributed by atoms with Crippen molar-refractivity contribution >= 4 is 23.1 Å². The SMILES string of the molecule is CCN(CC)Cc1ccc(NC(=O)c2ccc(C)c(Oc3cc(Nc4cnoc4)ncn3)c2)cc1C(F)(F)F.